The Morgan fingerprint density at radius 3 is 2.61 bits per heavy atom. The molecule has 0 atom stereocenters. The van der Waals surface area contributed by atoms with Gasteiger partial charge in [0.2, 0.25) is 0 Å². The lowest BCUT2D eigenvalue weighted by atomic mass is 10.1. The number of methoxy groups -OCH3 is 2. The van der Waals surface area contributed by atoms with Gasteiger partial charge in [-0.25, -0.2) is 0 Å². The van der Waals surface area contributed by atoms with Crippen LogP contribution in [0.1, 0.15) is 24.8 Å². The van der Waals surface area contributed by atoms with E-state index in [4.69, 9.17) is 14.9 Å². The normalized spacial score (nSPS) is 15.7. The van der Waals surface area contributed by atoms with Gasteiger partial charge in [-0.05, 0) is 30.5 Å². The van der Waals surface area contributed by atoms with E-state index in [-0.39, 0.29) is 0 Å². The molecule has 4 heteroatoms. The zero-order valence-corrected chi connectivity index (χ0v) is 11.0. The molecule has 2 rings (SSSR count). The summed E-state index contributed by atoms with van der Waals surface area (Å²) in [6, 6.07) is 5.94. The molecular weight excluding hydrogens is 228 g/mol. The third-order valence-electron chi connectivity index (χ3n) is 3.29. The molecular formula is C14H20N2O2. The largest absolute Gasteiger partial charge is 0.493 e. The Labute approximate surface area is 108 Å². The molecule has 1 aliphatic rings. The van der Waals surface area contributed by atoms with Gasteiger partial charge in [0.15, 0.2) is 11.5 Å². The van der Waals surface area contributed by atoms with Gasteiger partial charge >= 0.3 is 0 Å². The van der Waals surface area contributed by atoms with Gasteiger partial charge in [-0.15, -0.1) is 0 Å². The number of piperidine rings is 1. The number of rotatable bonds is 4. The van der Waals surface area contributed by atoms with Crippen molar-refractivity contribution >= 4 is 5.84 Å². The Morgan fingerprint density at radius 2 is 1.94 bits per heavy atom. The van der Waals surface area contributed by atoms with Gasteiger partial charge < -0.3 is 14.4 Å². The summed E-state index contributed by atoms with van der Waals surface area (Å²) in [7, 11) is 3.28. The average molecular weight is 248 g/mol. The minimum Gasteiger partial charge on any atom is -0.493 e. The summed E-state index contributed by atoms with van der Waals surface area (Å²) in [5.41, 5.74) is 1.15. The summed E-state index contributed by atoms with van der Waals surface area (Å²) in [5, 5.41) is 7.94. The number of amidine groups is 1. The predicted octanol–water partition coefficient (Wildman–Crippen LogP) is 2.67. The fourth-order valence-electron chi connectivity index (χ4n) is 2.26. The third kappa shape index (κ3) is 2.75. The van der Waals surface area contributed by atoms with Gasteiger partial charge in [-0.3, -0.25) is 5.41 Å². The van der Waals surface area contributed by atoms with E-state index < -0.39 is 0 Å². The van der Waals surface area contributed by atoms with E-state index in [1.165, 1.54) is 6.42 Å². The quantitative estimate of drug-likeness (QED) is 0.891. The van der Waals surface area contributed by atoms with Gasteiger partial charge in [0, 0.05) is 19.5 Å². The van der Waals surface area contributed by atoms with Crippen LogP contribution >= 0.6 is 0 Å². The molecule has 18 heavy (non-hydrogen) atoms. The van der Waals surface area contributed by atoms with Crippen LogP contribution in [0.15, 0.2) is 18.2 Å². The lowest BCUT2D eigenvalue weighted by Crippen LogP contribution is -2.34. The van der Waals surface area contributed by atoms with Gasteiger partial charge in [0.05, 0.1) is 20.1 Å². The molecule has 0 aliphatic carbocycles. The Hall–Kier alpha value is -1.71. The molecule has 0 aromatic heterocycles. The van der Waals surface area contributed by atoms with Crippen LogP contribution in [0.4, 0.5) is 0 Å². The van der Waals surface area contributed by atoms with E-state index in [9.17, 15) is 0 Å². The molecule has 0 spiro atoms. The Kier molecular flexibility index (Phi) is 4.07. The Balaban J connectivity index is 2.11. The first-order valence-electron chi connectivity index (χ1n) is 6.28. The van der Waals surface area contributed by atoms with E-state index in [1.54, 1.807) is 14.2 Å². The molecule has 1 saturated heterocycles. The molecule has 0 amide bonds. The maximum Gasteiger partial charge on any atom is 0.161 e. The molecule has 1 heterocycles. The molecule has 98 valence electrons. The van der Waals surface area contributed by atoms with E-state index in [1.807, 2.05) is 18.2 Å². The van der Waals surface area contributed by atoms with Crippen molar-refractivity contribution in [1.82, 2.24) is 4.90 Å². The van der Waals surface area contributed by atoms with Crippen molar-refractivity contribution < 1.29 is 9.47 Å². The number of hydrogen-bond donors (Lipinski definition) is 1. The van der Waals surface area contributed by atoms with Crippen molar-refractivity contribution in [3.05, 3.63) is 23.8 Å². The second-order valence-electron chi connectivity index (χ2n) is 4.51. The predicted molar refractivity (Wildman–Crippen MR) is 71.5 cm³/mol. The number of likely N-dealkylation sites (tertiary alicyclic amines) is 1. The fourth-order valence-corrected chi connectivity index (χ4v) is 2.26. The number of hydrogen-bond acceptors (Lipinski definition) is 3. The summed E-state index contributed by atoms with van der Waals surface area (Å²) < 4.78 is 10.5. The topological polar surface area (TPSA) is 45.5 Å². The molecule has 1 aromatic carbocycles. The van der Waals surface area contributed by atoms with Gasteiger partial charge in [0.25, 0.3) is 0 Å². The molecule has 1 aliphatic heterocycles. The van der Waals surface area contributed by atoms with Crippen molar-refractivity contribution in [2.24, 2.45) is 0 Å². The van der Waals surface area contributed by atoms with Crippen LogP contribution in [0.2, 0.25) is 0 Å². The maximum atomic E-state index is 7.94. The highest BCUT2D eigenvalue weighted by molar-refractivity contribution is 5.79. The van der Waals surface area contributed by atoms with Crippen LogP contribution in [0.25, 0.3) is 0 Å². The first kappa shape index (κ1) is 12.7. The zero-order valence-electron chi connectivity index (χ0n) is 11.0. The molecule has 0 saturated carbocycles. The lowest BCUT2D eigenvalue weighted by molar-refractivity contribution is 0.347. The fraction of sp³-hybridized carbons (Fsp3) is 0.500. The Morgan fingerprint density at radius 1 is 1.17 bits per heavy atom. The van der Waals surface area contributed by atoms with Crippen molar-refractivity contribution in [2.45, 2.75) is 25.8 Å². The summed E-state index contributed by atoms with van der Waals surface area (Å²) in [6.07, 6.45) is 3.21. The highest BCUT2D eigenvalue weighted by atomic mass is 16.5. The van der Waals surface area contributed by atoms with Gasteiger partial charge in [-0.1, -0.05) is 6.07 Å². The summed E-state index contributed by atoms with van der Waals surface area (Å²) in [4.78, 5) is 2.13. The third-order valence-corrected chi connectivity index (χ3v) is 3.29. The van der Waals surface area contributed by atoms with Gasteiger partial charge in [0.1, 0.15) is 0 Å². The van der Waals surface area contributed by atoms with Crippen LogP contribution < -0.4 is 9.47 Å². The van der Waals surface area contributed by atoms with Crippen molar-refractivity contribution in [1.29, 1.82) is 5.41 Å². The van der Waals surface area contributed by atoms with Crippen molar-refractivity contribution in [2.75, 3.05) is 20.8 Å². The summed E-state index contributed by atoms with van der Waals surface area (Å²) >= 11 is 0. The summed E-state index contributed by atoms with van der Waals surface area (Å²) in [5.74, 6) is 2.24. The van der Waals surface area contributed by atoms with Gasteiger partial charge in [-0.2, -0.15) is 0 Å². The highest BCUT2D eigenvalue weighted by Gasteiger charge is 2.15. The molecule has 1 fully saturated rings. The van der Waals surface area contributed by atoms with Crippen LogP contribution in [0.5, 0.6) is 11.5 Å². The first-order valence-corrected chi connectivity index (χ1v) is 6.28. The molecule has 1 aromatic rings. The minimum atomic E-state index is 0.745. The first-order chi connectivity index (χ1) is 8.74. The molecule has 0 radical (unpaired) electrons. The zero-order chi connectivity index (χ0) is 13.0. The molecule has 0 bridgehead atoms. The SMILES string of the molecule is COc1ccc(CN2CCCCC2=N)cc1OC. The monoisotopic (exact) mass is 248 g/mol. The smallest absolute Gasteiger partial charge is 0.161 e. The van der Waals surface area contributed by atoms with E-state index in [2.05, 4.69) is 4.90 Å². The second kappa shape index (κ2) is 5.76. The van der Waals surface area contributed by atoms with Crippen LogP contribution in [0.3, 0.4) is 0 Å². The standard InChI is InChI=1S/C14H20N2O2/c1-17-12-7-6-11(9-13(12)18-2)10-16-8-4-3-5-14(16)15/h6-7,9,15H,3-5,8,10H2,1-2H3. The average Bonchev–Trinajstić information content (AvgIpc) is 2.41. The summed E-state index contributed by atoms with van der Waals surface area (Å²) in [6.45, 7) is 1.76. The maximum absolute atomic E-state index is 7.94. The van der Waals surface area contributed by atoms with Crippen LogP contribution in [-0.4, -0.2) is 31.5 Å². The highest BCUT2D eigenvalue weighted by Crippen LogP contribution is 2.28. The lowest BCUT2D eigenvalue weighted by Gasteiger charge is -2.29. The van der Waals surface area contributed by atoms with Crippen LogP contribution in [-0.2, 0) is 6.54 Å². The molecule has 1 N–H and O–H groups in total. The van der Waals surface area contributed by atoms with E-state index >= 15 is 0 Å². The molecule has 0 unspecified atom stereocenters. The number of nitrogens with one attached hydrogen (secondary N) is 1. The number of ether oxygens (including phenoxy) is 2. The minimum absolute atomic E-state index is 0.745. The van der Waals surface area contributed by atoms with Crippen molar-refractivity contribution in [3.63, 3.8) is 0 Å². The van der Waals surface area contributed by atoms with Crippen molar-refractivity contribution in [3.8, 4) is 11.5 Å². The van der Waals surface area contributed by atoms with E-state index in [0.717, 1.165) is 48.8 Å². The second-order valence-corrected chi connectivity index (χ2v) is 4.51. The van der Waals surface area contributed by atoms with E-state index in [0.29, 0.717) is 0 Å². The Bertz CT molecular complexity index is 432. The molecule has 4 nitrogen and oxygen atoms in total. The number of nitrogens with zero attached hydrogens (tertiary/aromatic N) is 1. The number of benzene rings is 1. The van der Waals surface area contributed by atoms with Crippen LogP contribution in [0, 0.1) is 5.41 Å².